The van der Waals surface area contributed by atoms with Crippen LogP contribution in [0.5, 0.6) is 0 Å². The molecule has 0 bridgehead atoms. The van der Waals surface area contributed by atoms with Gasteiger partial charge in [-0.2, -0.15) is 5.10 Å². The monoisotopic (exact) mass is 342 g/mol. The maximum atomic E-state index is 12.9. The van der Waals surface area contributed by atoms with Gasteiger partial charge in [0.25, 0.3) is 5.91 Å². The van der Waals surface area contributed by atoms with E-state index in [2.05, 4.69) is 16.9 Å². The first-order valence-electron chi connectivity index (χ1n) is 9.23. The van der Waals surface area contributed by atoms with Crippen LogP contribution in [0, 0.1) is 0 Å². The molecule has 0 saturated carbocycles. The molecule has 2 fully saturated rings. The van der Waals surface area contributed by atoms with E-state index in [0.717, 1.165) is 56.6 Å². The van der Waals surface area contributed by atoms with E-state index in [1.165, 1.54) is 0 Å². The second-order valence-electron chi connectivity index (χ2n) is 7.03. The fourth-order valence-corrected chi connectivity index (χ4v) is 4.18. The minimum absolute atomic E-state index is 0.0519. The summed E-state index contributed by atoms with van der Waals surface area (Å²) < 4.78 is 7.28. The summed E-state index contributed by atoms with van der Waals surface area (Å²) in [7, 11) is 1.89. The van der Waals surface area contributed by atoms with Crippen molar-refractivity contribution in [2.75, 3.05) is 32.8 Å². The van der Waals surface area contributed by atoms with Crippen molar-refractivity contribution in [3.8, 4) is 0 Å². The highest BCUT2D eigenvalue weighted by atomic mass is 16.5. The van der Waals surface area contributed by atoms with E-state index >= 15 is 0 Å². The molecule has 1 aromatic heterocycles. The Hall–Kier alpha value is -1.92. The molecule has 0 aliphatic carbocycles. The van der Waals surface area contributed by atoms with Crippen LogP contribution in [0.25, 0.3) is 10.9 Å². The van der Waals surface area contributed by atoms with Gasteiger partial charge in [0.15, 0.2) is 5.69 Å². The number of para-hydroxylation sites is 1. The number of likely N-dealkylation sites (N-methyl/N-ethyl adjacent to an activating group) is 1. The van der Waals surface area contributed by atoms with Crippen LogP contribution in [-0.4, -0.2) is 70.4 Å². The highest BCUT2D eigenvalue weighted by Crippen LogP contribution is 2.26. The maximum absolute atomic E-state index is 12.9. The summed E-state index contributed by atoms with van der Waals surface area (Å²) in [5, 5.41) is 5.41. The second kappa shape index (κ2) is 6.77. The lowest BCUT2D eigenvalue weighted by Crippen LogP contribution is -2.63. The zero-order valence-electron chi connectivity index (χ0n) is 15.0. The lowest BCUT2D eigenvalue weighted by Gasteiger charge is -2.48. The SMILES string of the molecule is CCN(C1CCOCC1)C1CN(C(=O)c2nn(C)c3ccccc23)C1. The highest BCUT2D eigenvalue weighted by Gasteiger charge is 2.38. The summed E-state index contributed by atoms with van der Waals surface area (Å²) in [5.74, 6) is 0.0519. The van der Waals surface area contributed by atoms with E-state index in [-0.39, 0.29) is 5.91 Å². The molecule has 2 aliphatic rings. The first-order chi connectivity index (χ1) is 12.2. The van der Waals surface area contributed by atoms with Crippen LogP contribution >= 0.6 is 0 Å². The van der Waals surface area contributed by atoms with Crippen molar-refractivity contribution in [3.63, 3.8) is 0 Å². The molecule has 1 aromatic carbocycles. The molecule has 134 valence electrons. The third-order valence-electron chi connectivity index (χ3n) is 5.60. The van der Waals surface area contributed by atoms with Gasteiger partial charge < -0.3 is 9.64 Å². The number of aryl methyl sites for hydroxylation is 1. The van der Waals surface area contributed by atoms with E-state index in [9.17, 15) is 4.79 Å². The van der Waals surface area contributed by atoms with Crippen molar-refractivity contribution in [2.24, 2.45) is 7.05 Å². The average Bonchev–Trinajstić information content (AvgIpc) is 2.95. The largest absolute Gasteiger partial charge is 0.381 e. The number of benzene rings is 1. The van der Waals surface area contributed by atoms with E-state index in [0.29, 0.717) is 17.8 Å². The van der Waals surface area contributed by atoms with Crippen molar-refractivity contribution in [3.05, 3.63) is 30.0 Å². The third kappa shape index (κ3) is 2.93. The molecule has 1 amide bonds. The van der Waals surface area contributed by atoms with Crippen LogP contribution in [0.15, 0.2) is 24.3 Å². The maximum Gasteiger partial charge on any atom is 0.275 e. The molecule has 2 aliphatic heterocycles. The molecule has 25 heavy (non-hydrogen) atoms. The molecular formula is C19H26N4O2. The minimum atomic E-state index is 0.0519. The lowest BCUT2D eigenvalue weighted by atomic mass is 9.99. The Bertz CT molecular complexity index is 760. The van der Waals surface area contributed by atoms with Gasteiger partial charge in [-0.15, -0.1) is 0 Å². The van der Waals surface area contributed by atoms with Gasteiger partial charge in [-0.1, -0.05) is 25.1 Å². The Kier molecular flexibility index (Phi) is 4.48. The standard InChI is InChI=1S/C19H26N4O2/c1-3-23(14-8-10-25-11-9-14)15-12-22(13-15)19(24)18-16-6-4-5-7-17(16)21(2)20-18/h4-7,14-15H,3,8-13H2,1-2H3. The Morgan fingerprint density at radius 1 is 1.24 bits per heavy atom. The van der Waals surface area contributed by atoms with Crippen LogP contribution in [0.4, 0.5) is 0 Å². The first kappa shape index (κ1) is 16.5. The fraction of sp³-hybridized carbons (Fsp3) is 0.579. The summed E-state index contributed by atoms with van der Waals surface area (Å²) in [4.78, 5) is 17.4. The first-order valence-corrected chi connectivity index (χ1v) is 9.23. The van der Waals surface area contributed by atoms with Gasteiger partial charge in [-0.3, -0.25) is 14.4 Å². The number of carbonyl (C=O) groups is 1. The molecule has 0 unspecified atom stereocenters. The number of hydrogen-bond acceptors (Lipinski definition) is 4. The van der Waals surface area contributed by atoms with E-state index in [4.69, 9.17) is 4.74 Å². The van der Waals surface area contributed by atoms with Crippen molar-refractivity contribution in [1.29, 1.82) is 0 Å². The second-order valence-corrected chi connectivity index (χ2v) is 7.03. The van der Waals surface area contributed by atoms with Crippen LogP contribution < -0.4 is 0 Å². The quantitative estimate of drug-likeness (QED) is 0.852. The van der Waals surface area contributed by atoms with Gasteiger partial charge in [0.05, 0.1) is 5.52 Å². The van der Waals surface area contributed by atoms with Crippen LogP contribution in [0.3, 0.4) is 0 Å². The molecule has 0 spiro atoms. The Balaban J connectivity index is 1.45. The van der Waals surface area contributed by atoms with E-state index in [1.807, 2.05) is 36.2 Å². The number of carbonyl (C=O) groups excluding carboxylic acids is 1. The average molecular weight is 342 g/mol. The van der Waals surface area contributed by atoms with Gasteiger partial charge in [0.1, 0.15) is 0 Å². The number of fused-ring (bicyclic) bond motifs is 1. The number of aromatic nitrogens is 2. The van der Waals surface area contributed by atoms with Crippen molar-refractivity contribution in [1.82, 2.24) is 19.6 Å². The summed E-state index contributed by atoms with van der Waals surface area (Å²) in [6.07, 6.45) is 2.20. The normalized spacial score (nSPS) is 19.6. The number of ether oxygens (including phenoxy) is 1. The van der Waals surface area contributed by atoms with Gasteiger partial charge in [-0.05, 0) is 25.5 Å². The lowest BCUT2D eigenvalue weighted by molar-refractivity contribution is -0.0223. The number of amides is 1. The predicted octanol–water partition coefficient (Wildman–Crippen LogP) is 1.90. The van der Waals surface area contributed by atoms with Crippen molar-refractivity contribution < 1.29 is 9.53 Å². The smallest absolute Gasteiger partial charge is 0.275 e. The van der Waals surface area contributed by atoms with Crippen molar-refractivity contribution in [2.45, 2.75) is 31.8 Å². The Labute approximate surface area is 148 Å². The topological polar surface area (TPSA) is 50.6 Å². The van der Waals surface area contributed by atoms with Gasteiger partial charge in [0.2, 0.25) is 0 Å². The highest BCUT2D eigenvalue weighted by molar-refractivity contribution is 6.05. The summed E-state index contributed by atoms with van der Waals surface area (Å²) >= 11 is 0. The fourth-order valence-electron chi connectivity index (χ4n) is 4.18. The van der Waals surface area contributed by atoms with Crippen LogP contribution in [-0.2, 0) is 11.8 Å². The number of rotatable bonds is 4. The summed E-state index contributed by atoms with van der Waals surface area (Å²) in [6, 6.07) is 8.98. The minimum Gasteiger partial charge on any atom is -0.381 e. The molecule has 0 N–H and O–H groups in total. The van der Waals surface area contributed by atoms with Gasteiger partial charge in [0, 0.05) is 50.8 Å². The third-order valence-corrected chi connectivity index (χ3v) is 5.60. The molecule has 6 heteroatoms. The molecule has 0 radical (unpaired) electrons. The predicted molar refractivity (Wildman–Crippen MR) is 96.6 cm³/mol. The molecule has 4 rings (SSSR count). The van der Waals surface area contributed by atoms with Gasteiger partial charge >= 0.3 is 0 Å². The molecule has 2 aromatic rings. The number of hydrogen-bond donors (Lipinski definition) is 0. The summed E-state index contributed by atoms with van der Waals surface area (Å²) in [6.45, 7) is 6.56. The molecular weight excluding hydrogens is 316 g/mol. The van der Waals surface area contributed by atoms with Crippen molar-refractivity contribution >= 4 is 16.8 Å². The van der Waals surface area contributed by atoms with Crippen LogP contribution in [0.1, 0.15) is 30.3 Å². The zero-order valence-corrected chi connectivity index (χ0v) is 15.0. The molecule has 0 atom stereocenters. The number of likely N-dealkylation sites (tertiary alicyclic amines) is 1. The van der Waals surface area contributed by atoms with Crippen LogP contribution in [0.2, 0.25) is 0 Å². The summed E-state index contributed by atoms with van der Waals surface area (Å²) in [5.41, 5.74) is 1.57. The Morgan fingerprint density at radius 3 is 2.68 bits per heavy atom. The van der Waals surface area contributed by atoms with E-state index in [1.54, 1.807) is 4.68 Å². The molecule has 2 saturated heterocycles. The zero-order chi connectivity index (χ0) is 17.4. The number of nitrogens with zero attached hydrogens (tertiary/aromatic N) is 4. The van der Waals surface area contributed by atoms with Gasteiger partial charge in [-0.25, -0.2) is 0 Å². The molecule has 3 heterocycles. The Morgan fingerprint density at radius 2 is 1.96 bits per heavy atom. The molecule has 6 nitrogen and oxygen atoms in total. The van der Waals surface area contributed by atoms with E-state index < -0.39 is 0 Å².